The van der Waals surface area contributed by atoms with Gasteiger partial charge in [-0.05, 0) is 18.2 Å². The Morgan fingerprint density at radius 2 is 1.77 bits per heavy atom. The predicted octanol–water partition coefficient (Wildman–Crippen LogP) is 1.84. The van der Waals surface area contributed by atoms with Crippen molar-refractivity contribution in [3.8, 4) is 5.75 Å². The number of carbonyl (C=O) groups is 3. The summed E-state index contributed by atoms with van der Waals surface area (Å²) >= 11 is 0. The Morgan fingerprint density at radius 3 is 2.31 bits per heavy atom. The lowest BCUT2D eigenvalue weighted by molar-refractivity contribution is -0.384. The van der Waals surface area contributed by atoms with Crippen LogP contribution < -0.4 is 10.1 Å². The Kier molecular flexibility index (Phi) is 4.36. The number of anilines is 1. The van der Waals surface area contributed by atoms with Gasteiger partial charge in [0, 0.05) is 6.07 Å². The third-order valence-corrected chi connectivity index (χ3v) is 3.85. The molecule has 1 aliphatic heterocycles. The number of non-ortho nitro benzene ring substituents is 1. The molecule has 0 saturated heterocycles. The molecule has 26 heavy (non-hydrogen) atoms. The molecule has 0 saturated carbocycles. The Hall–Kier alpha value is -3.75. The largest absolute Gasteiger partial charge is 0.494 e. The van der Waals surface area contributed by atoms with Crippen LogP contribution in [0.15, 0.2) is 42.5 Å². The van der Waals surface area contributed by atoms with Gasteiger partial charge in [-0.25, -0.2) is 0 Å². The zero-order valence-electron chi connectivity index (χ0n) is 13.6. The number of carbonyl (C=O) groups excluding carboxylic acids is 3. The number of amides is 3. The minimum atomic E-state index is -0.633. The number of rotatable bonds is 5. The number of nitrogens with one attached hydrogen (secondary N) is 1. The molecule has 3 rings (SSSR count). The molecule has 0 aromatic heterocycles. The summed E-state index contributed by atoms with van der Waals surface area (Å²) in [5, 5.41) is 13.3. The fourth-order valence-electron chi connectivity index (χ4n) is 2.61. The van der Waals surface area contributed by atoms with Gasteiger partial charge in [-0.2, -0.15) is 0 Å². The topological polar surface area (TPSA) is 119 Å². The van der Waals surface area contributed by atoms with Crippen LogP contribution in [-0.4, -0.2) is 41.2 Å². The number of hydrogen-bond acceptors (Lipinski definition) is 6. The zero-order chi connectivity index (χ0) is 18.8. The Balaban J connectivity index is 1.75. The Bertz CT molecular complexity index is 905. The second-order valence-electron chi connectivity index (χ2n) is 5.43. The standard InChI is InChI=1S/C17H13N3O6/c1-26-14-8-10(20(24)25)6-7-13(14)18-15(21)9-19-16(22)11-4-2-3-5-12(11)17(19)23/h2-8H,9H2,1H3,(H,18,21). The molecule has 2 aromatic rings. The number of imide groups is 1. The normalized spacial score (nSPS) is 12.7. The van der Waals surface area contributed by atoms with Crippen molar-refractivity contribution in [2.24, 2.45) is 0 Å². The van der Waals surface area contributed by atoms with E-state index in [2.05, 4.69) is 5.32 Å². The minimum absolute atomic E-state index is 0.0925. The molecule has 0 spiro atoms. The molecule has 0 aliphatic carbocycles. The summed E-state index contributed by atoms with van der Waals surface area (Å²) in [6.45, 7) is -0.480. The lowest BCUT2D eigenvalue weighted by Gasteiger charge is -2.15. The van der Waals surface area contributed by atoms with E-state index in [0.29, 0.717) is 0 Å². The summed E-state index contributed by atoms with van der Waals surface area (Å²) in [6.07, 6.45) is 0. The third kappa shape index (κ3) is 2.97. The summed E-state index contributed by atoms with van der Waals surface area (Å²) in [5.74, 6) is -1.63. The molecule has 2 aromatic carbocycles. The molecule has 1 heterocycles. The number of fused-ring (bicyclic) bond motifs is 1. The Labute approximate surface area is 147 Å². The molecule has 0 radical (unpaired) electrons. The quantitative estimate of drug-likeness (QED) is 0.496. The smallest absolute Gasteiger partial charge is 0.273 e. The number of nitro benzene ring substituents is 1. The van der Waals surface area contributed by atoms with Gasteiger partial charge >= 0.3 is 0 Å². The van der Waals surface area contributed by atoms with Crippen LogP contribution in [0, 0.1) is 10.1 Å². The van der Waals surface area contributed by atoms with E-state index in [1.807, 2.05) is 0 Å². The number of ether oxygens (including phenoxy) is 1. The van der Waals surface area contributed by atoms with Gasteiger partial charge in [-0.15, -0.1) is 0 Å². The number of methoxy groups -OCH3 is 1. The van der Waals surface area contributed by atoms with Crippen molar-refractivity contribution in [3.63, 3.8) is 0 Å². The summed E-state index contributed by atoms with van der Waals surface area (Å²) in [6, 6.07) is 10.00. The van der Waals surface area contributed by atoms with Crippen molar-refractivity contribution in [3.05, 3.63) is 63.7 Å². The molecular formula is C17H13N3O6. The van der Waals surface area contributed by atoms with E-state index in [1.165, 1.54) is 31.4 Å². The maximum absolute atomic E-state index is 12.3. The highest BCUT2D eigenvalue weighted by Gasteiger charge is 2.36. The first-order valence-electron chi connectivity index (χ1n) is 7.50. The summed E-state index contributed by atoms with van der Waals surface area (Å²) in [4.78, 5) is 47.8. The van der Waals surface area contributed by atoms with Gasteiger partial charge in [0.05, 0.1) is 34.9 Å². The van der Waals surface area contributed by atoms with E-state index in [9.17, 15) is 24.5 Å². The summed E-state index contributed by atoms with van der Waals surface area (Å²) in [5.41, 5.74) is 0.497. The second kappa shape index (κ2) is 6.63. The third-order valence-electron chi connectivity index (χ3n) is 3.85. The van der Waals surface area contributed by atoms with Gasteiger partial charge in [0.1, 0.15) is 12.3 Å². The van der Waals surface area contributed by atoms with E-state index in [4.69, 9.17) is 4.74 Å². The van der Waals surface area contributed by atoms with Crippen LogP contribution in [0.4, 0.5) is 11.4 Å². The molecule has 1 N–H and O–H groups in total. The lowest BCUT2D eigenvalue weighted by atomic mass is 10.1. The molecule has 3 amide bonds. The molecule has 0 fully saturated rings. The number of nitro groups is 1. The van der Waals surface area contributed by atoms with E-state index in [1.54, 1.807) is 12.1 Å². The molecule has 1 aliphatic rings. The zero-order valence-corrected chi connectivity index (χ0v) is 13.6. The van der Waals surface area contributed by atoms with Crippen molar-refractivity contribution in [1.29, 1.82) is 0 Å². The molecule has 0 atom stereocenters. The number of hydrogen-bond donors (Lipinski definition) is 1. The van der Waals surface area contributed by atoms with Gasteiger partial charge in [0.15, 0.2) is 0 Å². The van der Waals surface area contributed by atoms with Crippen LogP contribution in [0.25, 0.3) is 0 Å². The molecule has 0 bridgehead atoms. The van der Waals surface area contributed by atoms with Crippen LogP contribution >= 0.6 is 0 Å². The maximum atomic E-state index is 12.3. The first-order valence-corrected chi connectivity index (χ1v) is 7.50. The predicted molar refractivity (Wildman–Crippen MR) is 90.1 cm³/mol. The number of nitrogens with zero attached hydrogens (tertiary/aromatic N) is 2. The molecule has 9 heteroatoms. The Morgan fingerprint density at radius 1 is 1.15 bits per heavy atom. The molecule has 132 valence electrons. The maximum Gasteiger partial charge on any atom is 0.273 e. The second-order valence-corrected chi connectivity index (χ2v) is 5.43. The lowest BCUT2D eigenvalue weighted by Crippen LogP contribution is -2.37. The average molecular weight is 355 g/mol. The molecule has 9 nitrogen and oxygen atoms in total. The van der Waals surface area contributed by atoms with E-state index in [0.717, 1.165) is 11.0 Å². The first kappa shape index (κ1) is 17.1. The first-order chi connectivity index (χ1) is 12.4. The van der Waals surface area contributed by atoms with Crippen molar-refractivity contribution in [2.75, 3.05) is 19.0 Å². The SMILES string of the molecule is COc1cc([N+](=O)[O-])ccc1NC(=O)CN1C(=O)c2ccccc2C1=O. The highest BCUT2D eigenvalue weighted by Crippen LogP contribution is 2.29. The van der Waals surface area contributed by atoms with Crippen LogP contribution in [-0.2, 0) is 4.79 Å². The fraction of sp³-hybridized carbons (Fsp3) is 0.118. The van der Waals surface area contributed by atoms with Gasteiger partial charge in [-0.1, -0.05) is 12.1 Å². The van der Waals surface area contributed by atoms with Crippen molar-refractivity contribution < 1.29 is 24.0 Å². The van der Waals surface area contributed by atoms with E-state index in [-0.39, 0.29) is 28.3 Å². The van der Waals surface area contributed by atoms with Gasteiger partial charge in [-0.3, -0.25) is 29.4 Å². The van der Waals surface area contributed by atoms with Crippen LogP contribution in [0.2, 0.25) is 0 Å². The van der Waals surface area contributed by atoms with Crippen LogP contribution in [0.1, 0.15) is 20.7 Å². The van der Waals surface area contributed by atoms with Crippen LogP contribution in [0.3, 0.4) is 0 Å². The average Bonchev–Trinajstić information content (AvgIpc) is 2.87. The highest BCUT2D eigenvalue weighted by molar-refractivity contribution is 6.22. The van der Waals surface area contributed by atoms with Crippen molar-refractivity contribution >= 4 is 29.1 Å². The monoisotopic (exact) mass is 355 g/mol. The van der Waals surface area contributed by atoms with Gasteiger partial charge in [0.2, 0.25) is 5.91 Å². The van der Waals surface area contributed by atoms with Crippen molar-refractivity contribution in [2.45, 2.75) is 0 Å². The summed E-state index contributed by atoms with van der Waals surface area (Å²) in [7, 11) is 1.30. The van der Waals surface area contributed by atoms with E-state index < -0.39 is 29.2 Å². The highest BCUT2D eigenvalue weighted by atomic mass is 16.6. The van der Waals surface area contributed by atoms with Crippen molar-refractivity contribution in [1.82, 2.24) is 4.90 Å². The summed E-state index contributed by atoms with van der Waals surface area (Å²) < 4.78 is 5.03. The van der Waals surface area contributed by atoms with Gasteiger partial charge in [0.25, 0.3) is 17.5 Å². The minimum Gasteiger partial charge on any atom is -0.494 e. The fourth-order valence-corrected chi connectivity index (χ4v) is 2.61. The molecular weight excluding hydrogens is 342 g/mol. The van der Waals surface area contributed by atoms with E-state index >= 15 is 0 Å². The number of benzene rings is 2. The van der Waals surface area contributed by atoms with Crippen LogP contribution in [0.5, 0.6) is 5.75 Å². The van der Waals surface area contributed by atoms with Gasteiger partial charge < -0.3 is 10.1 Å². The molecule has 0 unspecified atom stereocenters.